The van der Waals surface area contributed by atoms with Gasteiger partial charge in [-0.1, -0.05) is 60.1 Å². The van der Waals surface area contributed by atoms with E-state index in [1.54, 1.807) is 0 Å². The molecule has 1 aromatic carbocycles. The van der Waals surface area contributed by atoms with Gasteiger partial charge < -0.3 is 4.90 Å². The molecular formula is C17H22Cl2N4O2S. The summed E-state index contributed by atoms with van der Waals surface area (Å²) >= 11 is 12.6. The maximum atomic E-state index is 10.5. The number of anilines is 1. The minimum atomic E-state index is -0.696. The zero-order valence-electron chi connectivity index (χ0n) is 15.0. The third-order valence-corrected chi connectivity index (χ3v) is 4.86. The number of nitrogens with zero attached hydrogens (tertiary/aromatic N) is 4. The van der Waals surface area contributed by atoms with Gasteiger partial charge in [0.25, 0.3) is 0 Å². The molecular weight excluding hydrogens is 395 g/mol. The highest BCUT2D eigenvalue weighted by Crippen LogP contribution is 2.31. The van der Waals surface area contributed by atoms with Crippen LogP contribution in [0, 0.1) is 10.1 Å². The average molecular weight is 417 g/mol. The number of aromatic nitrogens is 2. The van der Waals surface area contributed by atoms with E-state index in [-0.39, 0.29) is 10.3 Å². The van der Waals surface area contributed by atoms with Gasteiger partial charge in [-0.15, -0.1) is 0 Å². The molecule has 2 aromatic rings. The maximum absolute atomic E-state index is 10.5. The zero-order chi connectivity index (χ0) is 19.5. The molecule has 0 radical (unpaired) electrons. The molecule has 0 unspecified atom stereocenters. The lowest BCUT2D eigenvalue weighted by atomic mass is 10.3. The second-order valence-electron chi connectivity index (χ2n) is 5.05. The van der Waals surface area contributed by atoms with Crippen LogP contribution in [0.2, 0.25) is 10.3 Å². The second-order valence-corrected chi connectivity index (χ2v) is 6.83. The quantitative estimate of drug-likeness (QED) is 0.188. The number of hydrogen-bond acceptors (Lipinski definition) is 6. The average Bonchev–Trinajstić information content (AvgIpc) is 2.61. The van der Waals surface area contributed by atoms with Gasteiger partial charge in [-0.2, -0.15) is 0 Å². The standard InChI is InChI=1S/C10H15N.C7H7Cl2N3O2S/c1-3-11(4-2)10-8-6-5-7-9-10;1-2-3-15-7-10-5(8)4(12(13)14)6(9)11-7/h5-9H,3-4H2,1-2H3;2-3H2,1H3. The van der Waals surface area contributed by atoms with Crippen LogP contribution in [-0.4, -0.2) is 33.7 Å². The highest BCUT2D eigenvalue weighted by Gasteiger charge is 2.22. The van der Waals surface area contributed by atoms with E-state index >= 15 is 0 Å². The van der Waals surface area contributed by atoms with Crippen molar-refractivity contribution >= 4 is 46.3 Å². The van der Waals surface area contributed by atoms with E-state index in [0.717, 1.165) is 25.3 Å². The molecule has 0 spiro atoms. The lowest BCUT2D eigenvalue weighted by Gasteiger charge is -2.20. The number of thioether (sulfide) groups is 1. The Morgan fingerprint density at radius 2 is 1.62 bits per heavy atom. The Morgan fingerprint density at radius 1 is 1.08 bits per heavy atom. The summed E-state index contributed by atoms with van der Waals surface area (Å²) in [6, 6.07) is 10.5. The van der Waals surface area contributed by atoms with Crippen molar-refractivity contribution in [3.63, 3.8) is 0 Å². The highest BCUT2D eigenvalue weighted by atomic mass is 35.5. The van der Waals surface area contributed by atoms with E-state index in [2.05, 4.69) is 53.0 Å². The van der Waals surface area contributed by atoms with Gasteiger partial charge in [0.05, 0.1) is 4.92 Å². The molecule has 0 bridgehead atoms. The summed E-state index contributed by atoms with van der Waals surface area (Å²) < 4.78 is 0. The monoisotopic (exact) mass is 416 g/mol. The normalized spacial score (nSPS) is 10.0. The van der Waals surface area contributed by atoms with Crippen LogP contribution in [0.1, 0.15) is 27.2 Å². The van der Waals surface area contributed by atoms with Crippen LogP contribution in [0.3, 0.4) is 0 Å². The summed E-state index contributed by atoms with van der Waals surface area (Å²) in [6.07, 6.45) is 0.945. The summed E-state index contributed by atoms with van der Waals surface area (Å²) in [6.45, 7) is 8.52. The number of nitro groups is 1. The number of benzene rings is 1. The molecule has 1 heterocycles. The molecule has 2 rings (SSSR count). The first-order valence-electron chi connectivity index (χ1n) is 8.24. The first-order valence-corrected chi connectivity index (χ1v) is 9.98. The largest absolute Gasteiger partial charge is 0.372 e. The number of halogens is 2. The van der Waals surface area contributed by atoms with E-state index in [0.29, 0.717) is 5.16 Å². The van der Waals surface area contributed by atoms with Crippen LogP contribution in [0.25, 0.3) is 0 Å². The molecule has 0 atom stereocenters. The molecule has 0 saturated heterocycles. The Balaban J connectivity index is 0.000000273. The van der Waals surface area contributed by atoms with Crippen molar-refractivity contribution < 1.29 is 4.92 Å². The van der Waals surface area contributed by atoms with Gasteiger partial charge in [0.1, 0.15) is 0 Å². The van der Waals surface area contributed by atoms with Crippen LogP contribution in [0.15, 0.2) is 35.5 Å². The molecule has 142 valence electrons. The Hall–Kier alpha value is -1.57. The summed E-state index contributed by atoms with van der Waals surface area (Å²) in [5.41, 5.74) is 0.872. The second kappa shape index (κ2) is 11.9. The molecule has 6 nitrogen and oxygen atoms in total. The highest BCUT2D eigenvalue weighted by molar-refractivity contribution is 7.99. The maximum Gasteiger partial charge on any atom is 0.343 e. The smallest absolute Gasteiger partial charge is 0.343 e. The van der Waals surface area contributed by atoms with Crippen molar-refractivity contribution in [2.75, 3.05) is 23.7 Å². The molecule has 0 aliphatic rings. The van der Waals surface area contributed by atoms with Crippen LogP contribution in [0.4, 0.5) is 11.4 Å². The van der Waals surface area contributed by atoms with Crippen LogP contribution in [-0.2, 0) is 0 Å². The molecule has 1 aromatic heterocycles. The molecule has 0 aliphatic heterocycles. The Kier molecular flexibility index (Phi) is 10.3. The van der Waals surface area contributed by atoms with Crippen molar-refractivity contribution in [3.05, 3.63) is 50.8 Å². The van der Waals surface area contributed by atoms with Gasteiger partial charge in [0.15, 0.2) is 5.16 Å². The molecule has 0 N–H and O–H groups in total. The van der Waals surface area contributed by atoms with Gasteiger partial charge in [-0.05, 0) is 32.4 Å². The molecule has 9 heteroatoms. The van der Waals surface area contributed by atoms with Crippen molar-refractivity contribution in [2.24, 2.45) is 0 Å². The van der Waals surface area contributed by atoms with Gasteiger partial charge in [-0.25, -0.2) is 9.97 Å². The molecule has 26 heavy (non-hydrogen) atoms. The van der Waals surface area contributed by atoms with E-state index in [4.69, 9.17) is 23.2 Å². The van der Waals surface area contributed by atoms with Crippen LogP contribution >= 0.6 is 35.0 Å². The predicted octanol–water partition coefficient (Wildman–Crippen LogP) is 5.73. The van der Waals surface area contributed by atoms with Crippen molar-refractivity contribution in [1.82, 2.24) is 9.97 Å². The molecule has 0 amide bonds. The fourth-order valence-electron chi connectivity index (χ4n) is 2.02. The predicted molar refractivity (Wildman–Crippen MR) is 110 cm³/mol. The first kappa shape index (κ1) is 22.5. The topological polar surface area (TPSA) is 72.2 Å². The number of para-hydroxylation sites is 1. The van der Waals surface area contributed by atoms with Crippen molar-refractivity contribution in [2.45, 2.75) is 32.3 Å². The molecule has 0 fully saturated rings. The summed E-state index contributed by atoms with van der Waals surface area (Å²) in [7, 11) is 0. The van der Waals surface area contributed by atoms with Gasteiger partial charge in [-0.3, -0.25) is 10.1 Å². The van der Waals surface area contributed by atoms with E-state index in [9.17, 15) is 10.1 Å². The number of hydrogen-bond donors (Lipinski definition) is 0. The minimum Gasteiger partial charge on any atom is -0.372 e. The van der Waals surface area contributed by atoms with Gasteiger partial charge >= 0.3 is 5.69 Å². The van der Waals surface area contributed by atoms with E-state index in [1.165, 1.54) is 17.4 Å². The molecule has 0 aliphatic carbocycles. The fraction of sp³-hybridized carbons (Fsp3) is 0.412. The van der Waals surface area contributed by atoms with Crippen molar-refractivity contribution in [1.29, 1.82) is 0 Å². The first-order chi connectivity index (χ1) is 12.4. The fourth-order valence-corrected chi connectivity index (χ4v) is 3.34. The third kappa shape index (κ3) is 6.97. The van der Waals surface area contributed by atoms with Crippen molar-refractivity contribution in [3.8, 4) is 0 Å². The SMILES string of the molecule is CCCSc1nc(Cl)c([N+](=O)[O-])c(Cl)n1.CCN(CC)c1ccccc1. The Bertz CT molecular complexity index is 677. The van der Waals surface area contributed by atoms with Crippen LogP contribution in [0.5, 0.6) is 0 Å². The van der Waals surface area contributed by atoms with Crippen LogP contribution < -0.4 is 4.90 Å². The molecule has 0 saturated carbocycles. The number of rotatable bonds is 7. The lowest BCUT2D eigenvalue weighted by Crippen LogP contribution is -2.21. The van der Waals surface area contributed by atoms with E-state index in [1.807, 2.05) is 13.0 Å². The zero-order valence-corrected chi connectivity index (χ0v) is 17.3. The van der Waals surface area contributed by atoms with Gasteiger partial charge in [0.2, 0.25) is 10.3 Å². The lowest BCUT2D eigenvalue weighted by molar-refractivity contribution is -0.385. The Morgan fingerprint density at radius 3 is 2.04 bits per heavy atom. The van der Waals surface area contributed by atoms with Gasteiger partial charge in [0, 0.05) is 24.5 Å². The Labute approximate surface area is 168 Å². The summed E-state index contributed by atoms with van der Waals surface area (Å²) in [5, 5.41) is 10.4. The third-order valence-electron chi connectivity index (χ3n) is 3.28. The minimum absolute atomic E-state index is 0.224. The van der Waals surface area contributed by atoms with E-state index < -0.39 is 10.6 Å². The summed E-state index contributed by atoms with van der Waals surface area (Å²) in [5.74, 6) is 0.810. The summed E-state index contributed by atoms with van der Waals surface area (Å²) in [4.78, 5) is 19.7.